The summed E-state index contributed by atoms with van der Waals surface area (Å²) >= 11 is 0. The van der Waals surface area contributed by atoms with Crippen LogP contribution in [0.25, 0.3) is 0 Å². The fraction of sp³-hybridized carbons (Fsp3) is 0.875. The van der Waals surface area contributed by atoms with Crippen molar-refractivity contribution >= 4 is 11.8 Å². The molecule has 0 aromatic rings. The summed E-state index contributed by atoms with van der Waals surface area (Å²) in [7, 11) is 0. The average molecular weight is 294 g/mol. The van der Waals surface area contributed by atoms with E-state index in [0.717, 1.165) is 19.3 Å². The van der Waals surface area contributed by atoms with Crippen LogP contribution in [0.15, 0.2) is 0 Å². The molecule has 0 bridgehead atoms. The monoisotopic (exact) mass is 294 g/mol. The normalized spacial score (nSPS) is 28.8. The van der Waals surface area contributed by atoms with Crippen LogP contribution in [0.2, 0.25) is 0 Å². The number of carbonyl (C=O) groups excluding carboxylic acids is 2. The molecule has 0 N–H and O–H groups in total. The highest BCUT2D eigenvalue weighted by molar-refractivity contribution is 5.83. The molecule has 0 aromatic carbocycles. The van der Waals surface area contributed by atoms with Crippen LogP contribution in [0.3, 0.4) is 0 Å². The molecule has 0 spiro atoms. The van der Waals surface area contributed by atoms with Gasteiger partial charge in [-0.3, -0.25) is 14.4 Å². The summed E-state index contributed by atoms with van der Waals surface area (Å²) in [6.45, 7) is 1.94. The van der Waals surface area contributed by atoms with Crippen LogP contribution in [0.5, 0.6) is 0 Å². The number of hydrogen-bond donors (Lipinski definition) is 0. The highest BCUT2D eigenvalue weighted by Gasteiger charge is 2.36. The van der Waals surface area contributed by atoms with Crippen LogP contribution in [0.4, 0.5) is 0 Å². The molecule has 2 saturated heterocycles. The number of likely N-dealkylation sites (tertiary alicyclic amines) is 1. The van der Waals surface area contributed by atoms with Gasteiger partial charge >= 0.3 is 0 Å². The minimum absolute atomic E-state index is 0.0657. The summed E-state index contributed by atoms with van der Waals surface area (Å²) in [5.41, 5.74) is 0. The first-order valence-corrected chi connectivity index (χ1v) is 8.49. The van der Waals surface area contributed by atoms with Crippen LogP contribution in [0.1, 0.15) is 57.8 Å². The van der Waals surface area contributed by atoms with Crippen LogP contribution < -0.4 is 0 Å². The Morgan fingerprint density at radius 3 is 2.48 bits per heavy atom. The molecule has 2 heterocycles. The predicted molar refractivity (Wildman–Crippen MR) is 78.2 cm³/mol. The van der Waals surface area contributed by atoms with Gasteiger partial charge in [0.25, 0.3) is 5.91 Å². The van der Waals surface area contributed by atoms with Gasteiger partial charge in [-0.2, -0.15) is 0 Å². The van der Waals surface area contributed by atoms with Gasteiger partial charge in [0.1, 0.15) is 0 Å². The van der Waals surface area contributed by atoms with Gasteiger partial charge in [-0.05, 0) is 25.7 Å². The molecule has 118 valence electrons. The number of carbonyl (C=O) groups is 2. The van der Waals surface area contributed by atoms with Gasteiger partial charge in [0.15, 0.2) is 0 Å². The first-order chi connectivity index (χ1) is 10.3. The maximum atomic E-state index is 12.5. The zero-order valence-electron chi connectivity index (χ0n) is 12.8. The molecule has 5 heteroatoms. The Labute approximate surface area is 126 Å². The molecule has 3 aliphatic rings. The Kier molecular flexibility index (Phi) is 4.78. The lowest BCUT2D eigenvalue weighted by Gasteiger charge is -2.38. The lowest BCUT2D eigenvalue weighted by molar-refractivity contribution is -0.176. The molecular weight excluding hydrogens is 268 g/mol. The van der Waals surface area contributed by atoms with Gasteiger partial charge in [-0.15, -0.1) is 0 Å². The predicted octanol–water partition coefficient (Wildman–Crippen LogP) is 2.11. The molecule has 1 saturated carbocycles. The summed E-state index contributed by atoms with van der Waals surface area (Å²) in [4.78, 5) is 32.1. The minimum atomic E-state index is -0.0657. The van der Waals surface area contributed by atoms with Crippen molar-refractivity contribution in [3.05, 3.63) is 0 Å². The van der Waals surface area contributed by atoms with Crippen molar-refractivity contribution in [2.45, 2.75) is 63.8 Å². The van der Waals surface area contributed by atoms with Crippen LogP contribution in [-0.2, 0) is 14.4 Å². The SMILES string of the molecule is O=C([C@H]1CCC(=O)N(C2CCCCCC2)C1)N1CCCO1. The van der Waals surface area contributed by atoms with Gasteiger partial charge in [-0.1, -0.05) is 25.7 Å². The highest BCUT2D eigenvalue weighted by atomic mass is 16.7. The van der Waals surface area contributed by atoms with E-state index in [0.29, 0.717) is 38.6 Å². The molecule has 1 atom stereocenters. The average Bonchev–Trinajstić information content (AvgIpc) is 2.90. The van der Waals surface area contributed by atoms with E-state index in [-0.39, 0.29) is 17.7 Å². The van der Waals surface area contributed by atoms with Crippen LogP contribution >= 0.6 is 0 Å². The van der Waals surface area contributed by atoms with E-state index >= 15 is 0 Å². The number of hydroxylamine groups is 2. The fourth-order valence-corrected chi connectivity index (χ4v) is 3.82. The van der Waals surface area contributed by atoms with Gasteiger partial charge in [0, 0.05) is 19.0 Å². The quantitative estimate of drug-likeness (QED) is 0.733. The van der Waals surface area contributed by atoms with Crippen molar-refractivity contribution < 1.29 is 14.4 Å². The summed E-state index contributed by atoms with van der Waals surface area (Å²) in [6.07, 6.45) is 9.31. The van der Waals surface area contributed by atoms with Crippen molar-refractivity contribution in [3.63, 3.8) is 0 Å². The first-order valence-electron chi connectivity index (χ1n) is 8.49. The Morgan fingerprint density at radius 2 is 1.81 bits per heavy atom. The highest BCUT2D eigenvalue weighted by Crippen LogP contribution is 2.28. The maximum absolute atomic E-state index is 12.5. The second kappa shape index (κ2) is 6.77. The van der Waals surface area contributed by atoms with Crippen molar-refractivity contribution in [2.75, 3.05) is 19.7 Å². The molecule has 0 aromatic heterocycles. The van der Waals surface area contributed by atoms with Crippen molar-refractivity contribution in [2.24, 2.45) is 5.92 Å². The fourth-order valence-electron chi connectivity index (χ4n) is 3.82. The Hall–Kier alpha value is -1.10. The number of piperidine rings is 1. The molecule has 3 rings (SSSR count). The van der Waals surface area contributed by atoms with E-state index in [1.807, 2.05) is 4.90 Å². The van der Waals surface area contributed by atoms with Gasteiger partial charge in [0.2, 0.25) is 5.91 Å². The van der Waals surface area contributed by atoms with E-state index < -0.39 is 0 Å². The van der Waals surface area contributed by atoms with E-state index in [1.54, 1.807) is 0 Å². The molecule has 21 heavy (non-hydrogen) atoms. The third-order valence-electron chi connectivity index (χ3n) is 5.06. The lowest BCUT2D eigenvalue weighted by Crippen LogP contribution is -2.50. The van der Waals surface area contributed by atoms with Crippen molar-refractivity contribution in [3.8, 4) is 0 Å². The maximum Gasteiger partial charge on any atom is 0.251 e. The lowest BCUT2D eigenvalue weighted by atomic mass is 9.93. The second-order valence-corrected chi connectivity index (χ2v) is 6.55. The van der Waals surface area contributed by atoms with Gasteiger partial charge in [0.05, 0.1) is 19.1 Å². The standard InChI is InChI=1S/C16H26N2O3/c19-15-9-8-13(16(20)18-10-5-11-21-18)12-17(15)14-6-3-1-2-4-7-14/h13-14H,1-12H2/t13-/m0/s1. The number of amides is 2. The van der Waals surface area contributed by atoms with Gasteiger partial charge in [-0.25, -0.2) is 5.06 Å². The topological polar surface area (TPSA) is 49.9 Å². The minimum Gasteiger partial charge on any atom is -0.339 e. The number of nitrogens with zero attached hydrogens (tertiary/aromatic N) is 2. The van der Waals surface area contributed by atoms with E-state index in [4.69, 9.17) is 4.84 Å². The Morgan fingerprint density at radius 1 is 1.05 bits per heavy atom. The van der Waals surface area contributed by atoms with Crippen LogP contribution in [0, 0.1) is 5.92 Å². The molecule has 2 aliphatic heterocycles. The number of hydrogen-bond acceptors (Lipinski definition) is 3. The van der Waals surface area contributed by atoms with Crippen LogP contribution in [-0.4, -0.2) is 47.5 Å². The van der Waals surface area contributed by atoms with Crippen molar-refractivity contribution in [1.29, 1.82) is 0 Å². The third kappa shape index (κ3) is 3.39. The third-order valence-corrected chi connectivity index (χ3v) is 5.06. The molecule has 2 amide bonds. The zero-order chi connectivity index (χ0) is 14.7. The van der Waals surface area contributed by atoms with E-state index in [1.165, 1.54) is 30.7 Å². The molecule has 5 nitrogen and oxygen atoms in total. The van der Waals surface area contributed by atoms with Gasteiger partial charge < -0.3 is 4.90 Å². The van der Waals surface area contributed by atoms with E-state index in [9.17, 15) is 9.59 Å². The first kappa shape index (κ1) is 14.8. The smallest absolute Gasteiger partial charge is 0.251 e. The summed E-state index contributed by atoms with van der Waals surface area (Å²) < 4.78 is 0. The molecule has 1 aliphatic carbocycles. The largest absolute Gasteiger partial charge is 0.339 e. The molecular formula is C16H26N2O3. The van der Waals surface area contributed by atoms with Crippen molar-refractivity contribution in [1.82, 2.24) is 9.96 Å². The summed E-state index contributed by atoms with van der Waals surface area (Å²) in [6, 6.07) is 0.357. The zero-order valence-corrected chi connectivity index (χ0v) is 12.8. The Bertz CT molecular complexity index is 385. The molecule has 0 radical (unpaired) electrons. The molecule has 3 fully saturated rings. The second-order valence-electron chi connectivity index (χ2n) is 6.55. The van der Waals surface area contributed by atoms with E-state index in [2.05, 4.69) is 0 Å². The number of rotatable bonds is 2. The summed E-state index contributed by atoms with van der Waals surface area (Å²) in [5.74, 6) is 0.260. The Balaban J connectivity index is 1.63. The summed E-state index contributed by atoms with van der Waals surface area (Å²) in [5, 5.41) is 1.52. The molecule has 0 unspecified atom stereocenters.